The monoisotopic (exact) mass is 318 g/mol. The number of thiazole rings is 1. The Hall–Kier alpha value is -1.96. The smallest absolute Gasteiger partial charge is 0.405 e. The third-order valence-electron chi connectivity index (χ3n) is 2.63. The zero-order chi connectivity index (χ0) is 15.5. The van der Waals surface area contributed by atoms with E-state index < -0.39 is 12.7 Å². The van der Waals surface area contributed by atoms with E-state index in [1.54, 1.807) is 23.6 Å². The first-order valence-electron chi connectivity index (χ1n) is 5.91. The second-order valence-corrected chi connectivity index (χ2v) is 4.93. The highest BCUT2D eigenvalue weighted by molar-refractivity contribution is 7.14. The van der Waals surface area contributed by atoms with Gasteiger partial charge in [-0.3, -0.25) is 0 Å². The van der Waals surface area contributed by atoms with Gasteiger partial charge in [0.15, 0.2) is 5.13 Å². The number of aromatic nitrogens is 1. The number of alkyl halides is 3. The van der Waals surface area contributed by atoms with Gasteiger partial charge in [0.2, 0.25) is 0 Å². The fourth-order valence-electron chi connectivity index (χ4n) is 1.66. The standard InChI is InChI=1S/C13H13F3N2O2S/c1-19-8-3-4-9(11(5-8)20-2)10-6-21-12(18-10)17-7-13(14,15)16/h3-6H,7H2,1-2H3,(H,17,18). The number of nitrogens with zero attached hydrogens (tertiary/aromatic N) is 1. The summed E-state index contributed by atoms with van der Waals surface area (Å²) >= 11 is 1.11. The summed E-state index contributed by atoms with van der Waals surface area (Å²) in [4.78, 5) is 4.13. The van der Waals surface area contributed by atoms with Crippen molar-refractivity contribution in [3.8, 4) is 22.8 Å². The van der Waals surface area contributed by atoms with Crippen molar-refractivity contribution in [2.75, 3.05) is 26.1 Å². The highest BCUT2D eigenvalue weighted by Gasteiger charge is 2.27. The van der Waals surface area contributed by atoms with Crippen molar-refractivity contribution >= 4 is 16.5 Å². The highest BCUT2D eigenvalue weighted by atomic mass is 32.1. The van der Waals surface area contributed by atoms with Crippen molar-refractivity contribution in [2.24, 2.45) is 0 Å². The second kappa shape index (κ2) is 6.21. The number of hydrogen-bond donors (Lipinski definition) is 1. The van der Waals surface area contributed by atoms with Gasteiger partial charge in [-0.1, -0.05) is 0 Å². The third kappa shape index (κ3) is 4.01. The van der Waals surface area contributed by atoms with Gasteiger partial charge in [-0.15, -0.1) is 11.3 Å². The number of anilines is 1. The predicted molar refractivity (Wildman–Crippen MR) is 75.2 cm³/mol. The fraction of sp³-hybridized carbons (Fsp3) is 0.308. The Bertz CT molecular complexity index is 614. The van der Waals surface area contributed by atoms with Crippen molar-refractivity contribution in [2.45, 2.75) is 6.18 Å². The second-order valence-electron chi connectivity index (χ2n) is 4.07. The zero-order valence-corrected chi connectivity index (χ0v) is 12.1. The molecule has 114 valence electrons. The summed E-state index contributed by atoms with van der Waals surface area (Å²) in [6.07, 6.45) is -4.27. The molecule has 1 heterocycles. The van der Waals surface area contributed by atoms with Crippen LogP contribution in [0.4, 0.5) is 18.3 Å². The van der Waals surface area contributed by atoms with Crippen molar-refractivity contribution in [1.82, 2.24) is 4.98 Å². The summed E-state index contributed by atoms with van der Waals surface area (Å²) in [6, 6.07) is 5.18. The van der Waals surface area contributed by atoms with Gasteiger partial charge in [0.05, 0.1) is 19.9 Å². The molecule has 4 nitrogen and oxygen atoms in total. The molecule has 2 aromatic rings. The first-order valence-corrected chi connectivity index (χ1v) is 6.79. The molecule has 21 heavy (non-hydrogen) atoms. The lowest BCUT2D eigenvalue weighted by molar-refractivity contribution is -0.115. The molecule has 0 aliphatic rings. The molecular weight excluding hydrogens is 305 g/mol. The summed E-state index contributed by atoms with van der Waals surface area (Å²) in [7, 11) is 3.05. The largest absolute Gasteiger partial charge is 0.497 e. The molecule has 2 rings (SSSR count). The van der Waals surface area contributed by atoms with Crippen LogP contribution in [0.2, 0.25) is 0 Å². The molecule has 0 aliphatic heterocycles. The summed E-state index contributed by atoms with van der Waals surface area (Å²) in [5, 5.41) is 4.13. The van der Waals surface area contributed by atoms with Gasteiger partial charge in [0, 0.05) is 17.0 Å². The number of benzene rings is 1. The van der Waals surface area contributed by atoms with Crippen LogP contribution in [0.1, 0.15) is 0 Å². The molecule has 0 atom stereocenters. The van der Waals surface area contributed by atoms with Crippen LogP contribution in [-0.4, -0.2) is 31.9 Å². The lowest BCUT2D eigenvalue weighted by Crippen LogP contribution is -2.21. The number of methoxy groups -OCH3 is 2. The maximum Gasteiger partial charge on any atom is 0.405 e. The molecule has 0 radical (unpaired) electrons. The average molecular weight is 318 g/mol. The van der Waals surface area contributed by atoms with E-state index in [0.29, 0.717) is 22.8 Å². The number of nitrogens with one attached hydrogen (secondary N) is 1. The molecule has 0 amide bonds. The first kappa shape index (κ1) is 15.4. The normalized spacial score (nSPS) is 11.3. The van der Waals surface area contributed by atoms with Crippen molar-refractivity contribution in [1.29, 1.82) is 0 Å². The maximum atomic E-state index is 12.2. The first-order chi connectivity index (χ1) is 9.93. The Labute approximate surface area is 123 Å². The molecule has 0 saturated carbocycles. The summed E-state index contributed by atoms with van der Waals surface area (Å²) in [5.74, 6) is 1.17. The summed E-state index contributed by atoms with van der Waals surface area (Å²) in [5.41, 5.74) is 1.23. The molecular formula is C13H13F3N2O2S. The van der Waals surface area contributed by atoms with E-state index in [9.17, 15) is 13.2 Å². The highest BCUT2D eigenvalue weighted by Crippen LogP contribution is 2.35. The minimum absolute atomic E-state index is 0.209. The van der Waals surface area contributed by atoms with Gasteiger partial charge in [-0.25, -0.2) is 4.98 Å². The molecule has 0 saturated heterocycles. The van der Waals surface area contributed by atoms with Crippen molar-refractivity contribution < 1.29 is 22.6 Å². The summed E-state index contributed by atoms with van der Waals surface area (Å²) < 4.78 is 46.8. The van der Waals surface area contributed by atoms with Crippen molar-refractivity contribution in [3.05, 3.63) is 23.6 Å². The lowest BCUT2D eigenvalue weighted by atomic mass is 10.1. The number of ether oxygens (including phenoxy) is 2. The Kier molecular flexibility index (Phi) is 4.56. The topological polar surface area (TPSA) is 43.4 Å². The van der Waals surface area contributed by atoms with E-state index >= 15 is 0 Å². The quantitative estimate of drug-likeness (QED) is 0.910. The number of hydrogen-bond acceptors (Lipinski definition) is 5. The third-order valence-corrected chi connectivity index (χ3v) is 3.43. The molecule has 0 aliphatic carbocycles. The molecule has 8 heteroatoms. The van der Waals surface area contributed by atoms with Crippen LogP contribution < -0.4 is 14.8 Å². The fourth-order valence-corrected chi connectivity index (χ4v) is 2.37. The molecule has 0 spiro atoms. The Balaban J connectivity index is 2.21. The van der Waals surface area contributed by atoms with Crippen LogP contribution in [0.25, 0.3) is 11.3 Å². The zero-order valence-electron chi connectivity index (χ0n) is 11.3. The van der Waals surface area contributed by atoms with E-state index in [4.69, 9.17) is 9.47 Å². The van der Waals surface area contributed by atoms with Crippen LogP contribution >= 0.6 is 11.3 Å². The Morgan fingerprint density at radius 3 is 2.62 bits per heavy atom. The molecule has 1 aromatic heterocycles. The van der Waals surface area contributed by atoms with Crippen LogP contribution in [0.3, 0.4) is 0 Å². The SMILES string of the molecule is COc1ccc(-c2csc(NCC(F)(F)F)n2)c(OC)c1. The minimum atomic E-state index is -4.27. The van der Waals surface area contributed by atoms with Crippen LogP contribution in [-0.2, 0) is 0 Å². The molecule has 1 N–H and O–H groups in total. The van der Waals surface area contributed by atoms with Gasteiger partial charge >= 0.3 is 6.18 Å². The van der Waals surface area contributed by atoms with Gasteiger partial charge in [0.25, 0.3) is 0 Å². The molecule has 0 unspecified atom stereocenters. The molecule has 1 aromatic carbocycles. The van der Waals surface area contributed by atoms with Crippen LogP contribution in [0.15, 0.2) is 23.6 Å². The predicted octanol–water partition coefficient (Wildman–Crippen LogP) is 3.80. The van der Waals surface area contributed by atoms with Gasteiger partial charge < -0.3 is 14.8 Å². The average Bonchev–Trinajstić information content (AvgIpc) is 2.92. The van der Waals surface area contributed by atoms with Gasteiger partial charge in [-0.05, 0) is 12.1 Å². The van der Waals surface area contributed by atoms with E-state index in [1.165, 1.54) is 14.2 Å². The lowest BCUT2D eigenvalue weighted by Gasteiger charge is -2.08. The van der Waals surface area contributed by atoms with Gasteiger partial charge in [-0.2, -0.15) is 13.2 Å². The van der Waals surface area contributed by atoms with E-state index in [0.717, 1.165) is 11.3 Å². The Morgan fingerprint density at radius 2 is 2.00 bits per heavy atom. The summed E-state index contributed by atoms with van der Waals surface area (Å²) in [6.45, 7) is -1.11. The van der Waals surface area contributed by atoms with Crippen LogP contribution in [0, 0.1) is 0 Å². The molecule has 0 bridgehead atoms. The number of halogens is 3. The van der Waals surface area contributed by atoms with Gasteiger partial charge in [0.1, 0.15) is 18.0 Å². The molecule has 0 fully saturated rings. The van der Waals surface area contributed by atoms with E-state index in [1.807, 2.05) is 0 Å². The van der Waals surface area contributed by atoms with E-state index in [-0.39, 0.29) is 5.13 Å². The van der Waals surface area contributed by atoms with Crippen LogP contribution in [0.5, 0.6) is 11.5 Å². The van der Waals surface area contributed by atoms with E-state index in [2.05, 4.69) is 10.3 Å². The minimum Gasteiger partial charge on any atom is -0.497 e. The maximum absolute atomic E-state index is 12.2. The number of rotatable bonds is 5. The Morgan fingerprint density at radius 1 is 1.24 bits per heavy atom. The van der Waals surface area contributed by atoms with Crippen molar-refractivity contribution in [3.63, 3.8) is 0 Å².